The van der Waals surface area contributed by atoms with Crippen molar-refractivity contribution in [2.24, 2.45) is 0 Å². The minimum atomic E-state index is -0.0217. The van der Waals surface area contributed by atoms with E-state index in [-0.39, 0.29) is 18.6 Å². The minimum absolute atomic E-state index is 0.0217. The van der Waals surface area contributed by atoms with E-state index in [9.17, 15) is 4.79 Å². The number of nitrogens with zero attached hydrogens (tertiary/aromatic N) is 4. The molecule has 0 saturated carbocycles. The van der Waals surface area contributed by atoms with Crippen LogP contribution in [0, 0.1) is 0 Å². The third-order valence-electron chi connectivity index (χ3n) is 3.37. The van der Waals surface area contributed by atoms with Crippen molar-refractivity contribution in [1.82, 2.24) is 14.9 Å². The summed E-state index contributed by atoms with van der Waals surface area (Å²) in [6.45, 7) is 5.74. The predicted molar refractivity (Wildman–Crippen MR) is 81.3 cm³/mol. The zero-order chi connectivity index (χ0) is 15.4. The molecule has 1 aromatic heterocycles. The van der Waals surface area contributed by atoms with E-state index in [2.05, 4.69) is 9.97 Å². The number of nitrogens with two attached hydrogens (primary N) is 1. The Morgan fingerprint density at radius 2 is 2.10 bits per heavy atom. The normalized spacial score (nSPS) is 14.6. The molecule has 0 aliphatic carbocycles. The van der Waals surface area contributed by atoms with Crippen molar-refractivity contribution < 1.29 is 9.53 Å². The maximum atomic E-state index is 12.2. The van der Waals surface area contributed by atoms with Gasteiger partial charge in [-0.15, -0.1) is 0 Å². The minimum Gasteiger partial charge on any atom is -0.473 e. The summed E-state index contributed by atoms with van der Waals surface area (Å²) in [5.41, 5.74) is 6.41. The number of rotatable bonds is 5. The van der Waals surface area contributed by atoms with Gasteiger partial charge < -0.3 is 20.3 Å². The predicted octanol–water partition coefficient (Wildman–Crippen LogP) is 0.905. The van der Waals surface area contributed by atoms with Crippen molar-refractivity contribution in [2.75, 3.05) is 37.3 Å². The molecule has 2 N–H and O–H groups in total. The van der Waals surface area contributed by atoms with Gasteiger partial charge in [0.15, 0.2) is 5.82 Å². The van der Waals surface area contributed by atoms with Crippen LogP contribution in [-0.2, 0) is 4.79 Å². The van der Waals surface area contributed by atoms with Gasteiger partial charge in [-0.1, -0.05) is 0 Å². The molecule has 7 heteroatoms. The van der Waals surface area contributed by atoms with Gasteiger partial charge in [0.25, 0.3) is 0 Å². The SMILES string of the molecule is CC(C)Oc1ncnc(N(C)CC(=O)N2CCCC2)c1N. The van der Waals surface area contributed by atoms with E-state index in [0.717, 1.165) is 25.9 Å². The third kappa shape index (κ3) is 3.74. The first-order valence-electron chi connectivity index (χ1n) is 7.25. The van der Waals surface area contributed by atoms with Crippen LogP contribution in [0.25, 0.3) is 0 Å². The lowest BCUT2D eigenvalue weighted by atomic mass is 10.4. The average molecular weight is 293 g/mol. The van der Waals surface area contributed by atoms with Crippen molar-refractivity contribution >= 4 is 17.4 Å². The molecular weight excluding hydrogens is 270 g/mol. The molecule has 21 heavy (non-hydrogen) atoms. The van der Waals surface area contributed by atoms with E-state index in [1.54, 1.807) is 11.9 Å². The lowest BCUT2D eigenvalue weighted by Crippen LogP contribution is -2.37. The Hall–Kier alpha value is -2.05. The van der Waals surface area contributed by atoms with Crippen LogP contribution in [0.15, 0.2) is 6.33 Å². The molecule has 1 aromatic rings. The van der Waals surface area contributed by atoms with Crippen molar-refractivity contribution in [2.45, 2.75) is 32.8 Å². The highest BCUT2D eigenvalue weighted by Gasteiger charge is 2.21. The van der Waals surface area contributed by atoms with Crippen molar-refractivity contribution in [3.63, 3.8) is 0 Å². The number of nitrogen functional groups attached to an aromatic ring is 1. The molecule has 2 rings (SSSR count). The lowest BCUT2D eigenvalue weighted by Gasteiger charge is -2.23. The Bertz CT molecular complexity index is 500. The lowest BCUT2D eigenvalue weighted by molar-refractivity contribution is -0.128. The quantitative estimate of drug-likeness (QED) is 0.868. The first kappa shape index (κ1) is 15.3. The number of hydrogen-bond acceptors (Lipinski definition) is 6. The summed E-state index contributed by atoms with van der Waals surface area (Å²) in [5, 5.41) is 0. The number of aromatic nitrogens is 2. The highest BCUT2D eigenvalue weighted by molar-refractivity contribution is 5.82. The number of anilines is 2. The Kier molecular flexibility index (Phi) is 4.82. The molecule has 0 atom stereocenters. The second-order valence-corrected chi connectivity index (χ2v) is 5.53. The molecule has 1 aliphatic heterocycles. The van der Waals surface area contributed by atoms with Gasteiger partial charge in [-0.25, -0.2) is 4.98 Å². The molecule has 7 nitrogen and oxygen atoms in total. The van der Waals surface area contributed by atoms with Gasteiger partial charge in [-0.2, -0.15) is 4.98 Å². The second kappa shape index (κ2) is 6.60. The van der Waals surface area contributed by atoms with E-state index >= 15 is 0 Å². The first-order valence-corrected chi connectivity index (χ1v) is 7.25. The Balaban J connectivity index is 2.07. The number of carbonyl (C=O) groups is 1. The number of likely N-dealkylation sites (N-methyl/N-ethyl adjacent to an activating group) is 1. The Morgan fingerprint density at radius 1 is 1.43 bits per heavy atom. The number of amides is 1. The zero-order valence-electron chi connectivity index (χ0n) is 12.9. The van der Waals surface area contributed by atoms with Crippen LogP contribution in [0.3, 0.4) is 0 Å². The van der Waals surface area contributed by atoms with E-state index in [0.29, 0.717) is 17.4 Å². The smallest absolute Gasteiger partial charge is 0.242 e. The number of ether oxygens (including phenoxy) is 1. The van der Waals surface area contributed by atoms with Gasteiger partial charge in [0.05, 0.1) is 12.6 Å². The Morgan fingerprint density at radius 3 is 2.71 bits per heavy atom. The van der Waals surface area contributed by atoms with Crippen LogP contribution in [0.5, 0.6) is 5.88 Å². The standard InChI is InChI=1S/C14H23N5O2/c1-10(2)21-14-12(15)13(16-9-17-14)18(3)8-11(20)19-6-4-5-7-19/h9-10H,4-8,15H2,1-3H3. The zero-order valence-corrected chi connectivity index (χ0v) is 12.9. The molecule has 0 radical (unpaired) electrons. The Labute approximate surface area is 125 Å². The topological polar surface area (TPSA) is 84.6 Å². The maximum absolute atomic E-state index is 12.2. The average Bonchev–Trinajstić information content (AvgIpc) is 2.94. The molecular formula is C14H23N5O2. The molecule has 0 bridgehead atoms. The summed E-state index contributed by atoms with van der Waals surface area (Å²) in [4.78, 5) is 24.0. The summed E-state index contributed by atoms with van der Waals surface area (Å²) >= 11 is 0. The molecule has 0 aromatic carbocycles. The van der Waals surface area contributed by atoms with Crippen molar-refractivity contribution in [3.05, 3.63) is 6.33 Å². The molecule has 0 unspecified atom stereocenters. The van der Waals surface area contributed by atoms with Gasteiger partial charge in [0, 0.05) is 20.1 Å². The van der Waals surface area contributed by atoms with Crippen LogP contribution in [0.4, 0.5) is 11.5 Å². The number of carbonyl (C=O) groups excluding carboxylic acids is 1. The fourth-order valence-electron chi connectivity index (χ4n) is 2.34. The summed E-state index contributed by atoms with van der Waals surface area (Å²) in [7, 11) is 1.80. The van der Waals surface area contributed by atoms with E-state index in [1.807, 2.05) is 18.7 Å². The van der Waals surface area contributed by atoms with Crippen LogP contribution in [0.1, 0.15) is 26.7 Å². The van der Waals surface area contributed by atoms with Crippen LogP contribution in [0.2, 0.25) is 0 Å². The molecule has 116 valence electrons. The fourth-order valence-corrected chi connectivity index (χ4v) is 2.34. The highest BCUT2D eigenvalue weighted by atomic mass is 16.5. The van der Waals surface area contributed by atoms with E-state index < -0.39 is 0 Å². The van der Waals surface area contributed by atoms with Crippen LogP contribution in [-0.4, -0.2) is 53.6 Å². The van der Waals surface area contributed by atoms with Crippen molar-refractivity contribution in [1.29, 1.82) is 0 Å². The summed E-state index contributed by atoms with van der Waals surface area (Å²) in [6, 6.07) is 0. The molecule has 2 heterocycles. The summed E-state index contributed by atoms with van der Waals surface area (Å²) in [6.07, 6.45) is 3.54. The first-order chi connectivity index (χ1) is 9.99. The summed E-state index contributed by atoms with van der Waals surface area (Å²) < 4.78 is 5.54. The molecule has 1 aliphatic rings. The van der Waals surface area contributed by atoms with Gasteiger partial charge in [-0.05, 0) is 26.7 Å². The van der Waals surface area contributed by atoms with Gasteiger partial charge >= 0.3 is 0 Å². The van der Waals surface area contributed by atoms with Crippen LogP contribution >= 0.6 is 0 Å². The number of likely N-dealkylation sites (tertiary alicyclic amines) is 1. The highest BCUT2D eigenvalue weighted by Crippen LogP contribution is 2.27. The largest absolute Gasteiger partial charge is 0.473 e. The molecule has 0 spiro atoms. The number of hydrogen-bond donors (Lipinski definition) is 1. The molecule has 1 saturated heterocycles. The van der Waals surface area contributed by atoms with Gasteiger partial charge in [0.1, 0.15) is 12.0 Å². The summed E-state index contributed by atoms with van der Waals surface area (Å²) in [5.74, 6) is 0.975. The second-order valence-electron chi connectivity index (χ2n) is 5.53. The van der Waals surface area contributed by atoms with Crippen molar-refractivity contribution in [3.8, 4) is 5.88 Å². The van der Waals surface area contributed by atoms with Gasteiger partial charge in [-0.3, -0.25) is 4.79 Å². The van der Waals surface area contributed by atoms with E-state index in [4.69, 9.17) is 10.5 Å². The maximum Gasteiger partial charge on any atom is 0.242 e. The third-order valence-corrected chi connectivity index (χ3v) is 3.37. The monoisotopic (exact) mass is 293 g/mol. The van der Waals surface area contributed by atoms with Crippen LogP contribution < -0.4 is 15.4 Å². The van der Waals surface area contributed by atoms with Gasteiger partial charge in [0.2, 0.25) is 11.8 Å². The van der Waals surface area contributed by atoms with E-state index in [1.165, 1.54) is 6.33 Å². The molecule has 1 fully saturated rings. The fraction of sp³-hybridized carbons (Fsp3) is 0.643. The molecule has 1 amide bonds.